The molecule has 0 aliphatic carbocycles. The second-order valence-electron chi connectivity index (χ2n) is 9.36. The first-order valence-corrected chi connectivity index (χ1v) is 12.1. The fraction of sp³-hybridized carbons (Fsp3) is 0. The van der Waals surface area contributed by atoms with E-state index in [1.165, 1.54) is 71.1 Å². The highest BCUT2D eigenvalue weighted by Gasteiger charge is 2.20. The normalized spacial score (nSPS) is 12.0. The van der Waals surface area contributed by atoms with E-state index < -0.39 is 0 Å². The molecule has 0 aliphatic heterocycles. The predicted octanol–water partition coefficient (Wildman–Crippen LogP) is 9.32. The number of nitrogens with zero attached hydrogens (tertiary/aromatic N) is 1. The molecule has 0 saturated heterocycles. The second-order valence-corrected chi connectivity index (χ2v) is 9.36. The molecule has 2 heterocycles. The van der Waals surface area contributed by atoms with Crippen molar-refractivity contribution in [3.63, 3.8) is 0 Å². The number of fused-ring (bicyclic) bond motifs is 6. The van der Waals surface area contributed by atoms with E-state index in [0.717, 1.165) is 0 Å². The van der Waals surface area contributed by atoms with E-state index in [-0.39, 0.29) is 0 Å². The van der Waals surface area contributed by atoms with Crippen molar-refractivity contribution < 1.29 is 0 Å². The molecule has 0 unspecified atom stereocenters. The van der Waals surface area contributed by atoms with Crippen molar-refractivity contribution in [2.24, 2.45) is 0 Å². The first-order valence-electron chi connectivity index (χ1n) is 12.1. The van der Waals surface area contributed by atoms with E-state index in [0.29, 0.717) is 0 Å². The molecule has 0 atom stereocenters. The molecule has 1 nitrogen and oxygen atoms in total. The Morgan fingerprint density at radius 2 is 1.03 bits per heavy atom. The topological polar surface area (TPSA) is 4.41 Å². The molecule has 162 valence electrons. The van der Waals surface area contributed by atoms with Crippen molar-refractivity contribution in [2.75, 3.05) is 0 Å². The van der Waals surface area contributed by atoms with Crippen molar-refractivity contribution in [2.45, 2.75) is 0 Å². The van der Waals surface area contributed by atoms with Crippen LogP contribution in [0.15, 0.2) is 127 Å². The highest BCUT2D eigenvalue weighted by atomic mass is 14.9. The Hall–Kier alpha value is -4.62. The van der Waals surface area contributed by atoms with Crippen molar-refractivity contribution in [3.8, 4) is 22.3 Å². The first-order chi connectivity index (χ1) is 17.4. The summed E-state index contributed by atoms with van der Waals surface area (Å²) in [6.07, 6.45) is 0. The lowest BCUT2D eigenvalue weighted by Gasteiger charge is -2.15. The van der Waals surface area contributed by atoms with Gasteiger partial charge in [-0.1, -0.05) is 103 Å². The van der Waals surface area contributed by atoms with Gasteiger partial charge in [-0.25, -0.2) is 0 Å². The molecule has 0 bridgehead atoms. The quantitative estimate of drug-likeness (QED) is 0.185. The van der Waals surface area contributed by atoms with Crippen LogP contribution < -0.4 is 0 Å². The highest BCUT2D eigenvalue weighted by molar-refractivity contribution is 6.31. The van der Waals surface area contributed by atoms with E-state index in [4.69, 9.17) is 0 Å². The van der Waals surface area contributed by atoms with Crippen molar-refractivity contribution in [1.29, 1.82) is 0 Å². The third-order valence-corrected chi connectivity index (χ3v) is 7.51. The summed E-state index contributed by atoms with van der Waals surface area (Å²) in [6, 6.07) is 46.4. The monoisotopic (exact) mass is 443 g/mol. The Kier molecular flexibility index (Phi) is 3.72. The number of rotatable bonds is 2. The molecule has 0 radical (unpaired) electrons. The first kappa shape index (κ1) is 18.8. The van der Waals surface area contributed by atoms with Crippen molar-refractivity contribution >= 4 is 48.9 Å². The number of hydrogen-bond donors (Lipinski definition) is 0. The smallest absolute Gasteiger partial charge is 0.0626 e. The summed E-state index contributed by atoms with van der Waals surface area (Å²) in [5, 5.41) is 7.88. The molecular formula is C34H21N. The van der Waals surface area contributed by atoms with Gasteiger partial charge in [-0.05, 0) is 57.3 Å². The van der Waals surface area contributed by atoms with Gasteiger partial charge in [0, 0.05) is 21.5 Å². The maximum absolute atomic E-state index is 2.48. The van der Waals surface area contributed by atoms with Gasteiger partial charge in [-0.2, -0.15) is 0 Å². The Balaban J connectivity index is 1.65. The van der Waals surface area contributed by atoms with Gasteiger partial charge in [0.25, 0.3) is 0 Å². The fourth-order valence-corrected chi connectivity index (χ4v) is 6.00. The molecule has 0 N–H and O–H groups in total. The zero-order chi connectivity index (χ0) is 22.9. The number of aromatic nitrogens is 1. The molecule has 2 aromatic heterocycles. The van der Waals surface area contributed by atoms with E-state index in [2.05, 4.69) is 132 Å². The molecule has 6 aromatic carbocycles. The van der Waals surface area contributed by atoms with Gasteiger partial charge in [0.2, 0.25) is 0 Å². The van der Waals surface area contributed by atoms with Crippen LogP contribution in [0.2, 0.25) is 0 Å². The summed E-state index contributed by atoms with van der Waals surface area (Å²) in [7, 11) is 0. The summed E-state index contributed by atoms with van der Waals surface area (Å²) >= 11 is 0. The van der Waals surface area contributed by atoms with Crippen molar-refractivity contribution in [1.82, 2.24) is 4.40 Å². The van der Waals surface area contributed by atoms with Crippen LogP contribution in [0.1, 0.15) is 0 Å². The summed E-state index contributed by atoms with van der Waals surface area (Å²) in [5.41, 5.74) is 8.87. The maximum atomic E-state index is 2.48. The summed E-state index contributed by atoms with van der Waals surface area (Å²) in [5.74, 6) is 0. The maximum Gasteiger partial charge on any atom is 0.0626 e. The number of hydrogen-bond acceptors (Lipinski definition) is 0. The molecular weight excluding hydrogens is 422 g/mol. The molecule has 8 aromatic rings. The van der Waals surface area contributed by atoms with Gasteiger partial charge in [-0.15, -0.1) is 0 Å². The standard InChI is InChI=1S/C34H21N/c1-3-10-22(11-4-1)24-18-19-32-29(20-24)30-21-28(23-12-5-2-6-13-23)27-16-9-15-26-25-14-7-8-17-31(25)35(32)34(30)33(26)27/h1-21H. The van der Waals surface area contributed by atoms with Gasteiger partial charge in [0.15, 0.2) is 0 Å². The average molecular weight is 444 g/mol. The van der Waals surface area contributed by atoms with Gasteiger partial charge in [0.05, 0.1) is 16.6 Å². The van der Waals surface area contributed by atoms with E-state index in [9.17, 15) is 0 Å². The minimum Gasteiger partial charge on any atom is -0.308 e. The molecule has 1 heteroatoms. The van der Waals surface area contributed by atoms with Crippen LogP contribution in [0.4, 0.5) is 0 Å². The lowest BCUT2D eigenvalue weighted by Crippen LogP contribution is -1.93. The van der Waals surface area contributed by atoms with Crippen LogP contribution in [0.5, 0.6) is 0 Å². The zero-order valence-electron chi connectivity index (χ0n) is 19.1. The highest BCUT2D eigenvalue weighted by Crippen LogP contribution is 2.45. The van der Waals surface area contributed by atoms with Gasteiger partial charge in [0.1, 0.15) is 0 Å². The summed E-state index contributed by atoms with van der Waals surface area (Å²) in [4.78, 5) is 0. The third-order valence-electron chi connectivity index (χ3n) is 7.51. The van der Waals surface area contributed by atoms with Gasteiger partial charge in [-0.3, -0.25) is 0 Å². The van der Waals surface area contributed by atoms with Crippen LogP contribution in [0.3, 0.4) is 0 Å². The predicted molar refractivity (Wildman–Crippen MR) is 149 cm³/mol. The van der Waals surface area contributed by atoms with E-state index in [1.54, 1.807) is 0 Å². The zero-order valence-corrected chi connectivity index (χ0v) is 19.1. The Bertz CT molecular complexity index is 2030. The van der Waals surface area contributed by atoms with Crippen LogP contribution in [0, 0.1) is 0 Å². The number of benzene rings is 6. The van der Waals surface area contributed by atoms with Crippen LogP contribution in [-0.4, -0.2) is 4.40 Å². The Morgan fingerprint density at radius 1 is 0.371 bits per heavy atom. The summed E-state index contributed by atoms with van der Waals surface area (Å²) < 4.78 is 2.48. The largest absolute Gasteiger partial charge is 0.308 e. The molecule has 35 heavy (non-hydrogen) atoms. The molecule has 8 rings (SSSR count). The molecule has 0 amide bonds. The van der Waals surface area contributed by atoms with Crippen LogP contribution >= 0.6 is 0 Å². The average Bonchev–Trinajstić information content (AvgIpc) is 3.27. The molecule has 0 aliphatic rings. The number of pyridine rings is 1. The lowest BCUT2D eigenvalue weighted by molar-refractivity contribution is 1.35. The third kappa shape index (κ3) is 2.53. The minimum atomic E-state index is 1.25. The summed E-state index contributed by atoms with van der Waals surface area (Å²) in [6.45, 7) is 0. The van der Waals surface area contributed by atoms with Crippen molar-refractivity contribution in [3.05, 3.63) is 127 Å². The molecule has 0 fully saturated rings. The fourth-order valence-electron chi connectivity index (χ4n) is 6.00. The van der Waals surface area contributed by atoms with E-state index in [1.807, 2.05) is 0 Å². The molecule has 0 spiro atoms. The van der Waals surface area contributed by atoms with Crippen LogP contribution in [0.25, 0.3) is 71.1 Å². The Morgan fingerprint density at radius 3 is 1.86 bits per heavy atom. The molecule has 0 saturated carbocycles. The van der Waals surface area contributed by atoms with Crippen LogP contribution in [-0.2, 0) is 0 Å². The van der Waals surface area contributed by atoms with E-state index >= 15 is 0 Å². The van der Waals surface area contributed by atoms with Gasteiger partial charge < -0.3 is 4.40 Å². The second kappa shape index (κ2) is 6.94. The number of para-hydroxylation sites is 1. The minimum absolute atomic E-state index is 1.25. The Labute approximate surface area is 202 Å². The SMILES string of the molecule is c1ccc(-c2ccc3c(c2)c2cc(-c4ccccc4)c4cccc5c6ccccc6n3c2c45)cc1. The lowest BCUT2D eigenvalue weighted by atomic mass is 9.92. The van der Waals surface area contributed by atoms with Gasteiger partial charge >= 0.3 is 0 Å².